The highest BCUT2D eigenvalue weighted by molar-refractivity contribution is 4.51. The van der Waals surface area contributed by atoms with E-state index in [2.05, 4.69) is 13.8 Å². The van der Waals surface area contributed by atoms with Crippen LogP contribution in [0.25, 0.3) is 0 Å². The molecule has 0 rings (SSSR count). The van der Waals surface area contributed by atoms with Crippen molar-refractivity contribution in [3.8, 4) is 0 Å². The molecule has 0 aliphatic carbocycles. The predicted molar refractivity (Wildman–Crippen MR) is 95.5 cm³/mol. The van der Waals surface area contributed by atoms with E-state index in [4.69, 9.17) is 4.74 Å². The van der Waals surface area contributed by atoms with Gasteiger partial charge < -0.3 is 4.74 Å². The van der Waals surface area contributed by atoms with Crippen LogP contribution >= 0.6 is 0 Å². The Labute approximate surface area is 135 Å². The van der Waals surface area contributed by atoms with Crippen molar-refractivity contribution in [1.82, 2.24) is 0 Å². The number of hydrogen-bond acceptors (Lipinski definition) is 1. The van der Waals surface area contributed by atoms with Crippen molar-refractivity contribution >= 4 is 0 Å². The van der Waals surface area contributed by atoms with Crippen LogP contribution in [-0.4, -0.2) is 6.61 Å². The van der Waals surface area contributed by atoms with Crippen molar-refractivity contribution in [3.63, 3.8) is 0 Å². The molecule has 0 saturated heterocycles. The highest BCUT2D eigenvalue weighted by Crippen LogP contribution is 2.13. The van der Waals surface area contributed by atoms with E-state index in [-0.39, 0.29) is 0 Å². The average molecular weight is 298 g/mol. The summed E-state index contributed by atoms with van der Waals surface area (Å²) in [5, 5.41) is 0. The quantitative estimate of drug-likeness (QED) is 0.239. The zero-order valence-electron chi connectivity index (χ0n) is 15.0. The molecule has 0 aromatic heterocycles. The normalized spacial score (nSPS) is 11.1. The van der Waals surface area contributed by atoms with Gasteiger partial charge in [0.2, 0.25) is 0 Å². The van der Waals surface area contributed by atoms with E-state index in [0.29, 0.717) is 0 Å². The molecule has 0 aromatic rings. The minimum atomic E-state index is 0.929. The van der Waals surface area contributed by atoms with E-state index in [1.165, 1.54) is 96.3 Å². The molecule has 1 nitrogen and oxygen atoms in total. The fourth-order valence-electron chi connectivity index (χ4n) is 2.66. The molecule has 127 valence electrons. The van der Waals surface area contributed by atoms with Gasteiger partial charge in [-0.3, -0.25) is 0 Å². The molecule has 0 bridgehead atoms. The smallest absolute Gasteiger partial charge is 0.0836 e. The summed E-state index contributed by atoms with van der Waals surface area (Å²) in [4.78, 5) is 0. The fourth-order valence-corrected chi connectivity index (χ4v) is 2.66. The zero-order valence-corrected chi connectivity index (χ0v) is 15.0. The lowest BCUT2D eigenvalue weighted by molar-refractivity contribution is 0.185. The van der Waals surface area contributed by atoms with Crippen LogP contribution < -0.4 is 0 Å². The van der Waals surface area contributed by atoms with Gasteiger partial charge in [-0.25, -0.2) is 0 Å². The number of ether oxygens (including phenoxy) is 1. The first-order valence-electron chi connectivity index (χ1n) is 9.85. The molecule has 0 aliphatic heterocycles. The largest absolute Gasteiger partial charge is 0.376 e. The Balaban J connectivity index is 2.90. The molecule has 0 saturated carbocycles. The Morgan fingerprint density at radius 2 is 0.952 bits per heavy atom. The number of hydrogen-bond donors (Lipinski definition) is 0. The summed E-state index contributed by atoms with van der Waals surface area (Å²) in [6, 6.07) is 0. The van der Waals surface area contributed by atoms with Crippen molar-refractivity contribution in [2.45, 2.75) is 117 Å². The lowest BCUT2D eigenvalue weighted by Gasteiger charge is -2.04. The molecule has 1 radical (unpaired) electrons. The van der Waals surface area contributed by atoms with Crippen molar-refractivity contribution in [2.24, 2.45) is 0 Å². The van der Waals surface area contributed by atoms with Crippen molar-refractivity contribution < 1.29 is 4.74 Å². The third-order valence-corrected chi connectivity index (χ3v) is 4.14. The monoisotopic (exact) mass is 297 g/mol. The summed E-state index contributed by atoms with van der Waals surface area (Å²) in [5.74, 6) is 0. The van der Waals surface area contributed by atoms with Gasteiger partial charge in [0.15, 0.2) is 0 Å². The fraction of sp³-hybridized carbons (Fsp3) is 0.950. The van der Waals surface area contributed by atoms with Gasteiger partial charge in [-0.1, -0.05) is 104 Å². The second-order valence-electron chi connectivity index (χ2n) is 6.42. The van der Waals surface area contributed by atoms with E-state index in [0.717, 1.165) is 13.0 Å². The molecule has 0 fully saturated rings. The summed E-state index contributed by atoms with van der Waals surface area (Å²) in [5.41, 5.74) is 0. The highest BCUT2D eigenvalue weighted by Gasteiger charge is 1.94. The van der Waals surface area contributed by atoms with Crippen LogP contribution in [0.2, 0.25) is 0 Å². The molecule has 0 spiro atoms. The topological polar surface area (TPSA) is 9.23 Å². The van der Waals surface area contributed by atoms with Gasteiger partial charge in [0.25, 0.3) is 0 Å². The highest BCUT2D eigenvalue weighted by atomic mass is 16.5. The summed E-state index contributed by atoms with van der Waals surface area (Å²) >= 11 is 0. The molecule has 0 atom stereocenters. The van der Waals surface area contributed by atoms with Gasteiger partial charge in [0.1, 0.15) is 0 Å². The van der Waals surface area contributed by atoms with Crippen LogP contribution in [0, 0.1) is 6.61 Å². The maximum Gasteiger partial charge on any atom is 0.0836 e. The Morgan fingerprint density at radius 3 is 1.38 bits per heavy atom. The van der Waals surface area contributed by atoms with E-state index in [9.17, 15) is 0 Å². The molecule has 0 unspecified atom stereocenters. The predicted octanol–water partition coefficient (Wildman–Crippen LogP) is 7.45. The van der Waals surface area contributed by atoms with Crippen molar-refractivity contribution in [3.05, 3.63) is 6.61 Å². The standard InChI is InChI=1S/C20H41O/c1-3-5-7-8-9-10-11-12-13-14-15-16-17-18-20-21-19-6-4-2/h19H,3-18,20H2,1-2H3. The van der Waals surface area contributed by atoms with Crippen molar-refractivity contribution in [2.75, 3.05) is 6.61 Å². The third-order valence-electron chi connectivity index (χ3n) is 4.14. The van der Waals surface area contributed by atoms with Crippen molar-refractivity contribution in [1.29, 1.82) is 0 Å². The van der Waals surface area contributed by atoms with Gasteiger partial charge >= 0.3 is 0 Å². The minimum Gasteiger partial charge on any atom is -0.376 e. The van der Waals surface area contributed by atoms with Crippen LogP contribution in [-0.2, 0) is 4.74 Å². The maximum absolute atomic E-state index is 5.46. The molecule has 0 aromatic carbocycles. The lowest BCUT2D eigenvalue weighted by Crippen LogP contribution is -1.92. The minimum absolute atomic E-state index is 0.929. The van der Waals surface area contributed by atoms with Gasteiger partial charge in [-0.2, -0.15) is 0 Å². The SMILES string of the molecule is CCC[CH]OCCCCCCCCCCCCCCCC. The number of unbranched alkanes of at least 4 members (excludes halogenated alkanes) is 14. The van der Waals surface area contributed by atoms with Gasteiger partial charge in [-0.05, 0) is 12.8 Å². The van der Waals surface area contributed by atoms with E-state index >= 15 is 0 Å². The van der Waals surface area contributed by atoms with E-state index in [1.54, 1.807) is 0 Å². The van der Waals surface area contributed by atoms with Gasteiger partial charge in [0, 0.05) is 6.61 Å². The maximum atomic E-state index is 5.46. The Kier molecular flexibility index (Phi) is 19.9. The Hall–Kier alpha value is -0.0400. The average Bonchev–Trinajstić information content (AvgIpc) is 2.50. The van der Waals surface area contributed by atoms with E-state index in [1.807, 2.05) is 6.61 Å². The van der Waals surface area contributed by atoms with Gasteiger partial charge in [-0.15, -0.1) is 0 Å². The second kappa shape index (κ2) is 20.0. The molecule has 1 heteroatoms. The van der Waals surface area contributed by atoms with Crippen LogP contribution in [0.15, 0.2) is 0 Å². The number of rotatable bonds is 18. The van der Waals surface area contributed by atoms with E-state index < -0.39 is 0 Å². The first-order valence-corrected chi connectivity index (χ1v) is 9.85. The molecule has 0 N–H and O–H groups in total. The molecule has 21 heavy (non-hydrogen) atoms. The molecular formula is C20H41O. The summed E-state index contributed by atoms with van der Waals surface area (Å²) in [6.45, 7) is 7.38. The van der Waals surface area contributed by atoms with Crippen LogP contribution in [0.5, 0.6) is 0 Å². The Morgan fingerprint density at radius 1 is 0.524 bits per heavy atom. The molecule has 0 aliphatic rings. The van der Waals surface area contributed by atoms with Crippen LogP contribution in [0.4, 0.5) is 0 Å². The third kappa shape index (κ3) is 20.0. The first kappa shape index (κ1) is 21.0. The summed E-state index contributed by atoms with van der Waals surface area (Å²) < 4.78 is 5.46. The summed E-state index contributed by atoms with van der Waals surface area (Å²) in [6.07, 6.45) is 22.2. The summed E-state index contributed by atoms with van der Waals surface area (Å²) in [7, 11) is 0. The molecular weight excluding hydrogens is 256 g/mol. The van der Waals surface area contributed by atoms with Crippen LogP contribution in [0.1, 0.15) is 117 Å². The molecule has 0 amide bonds. The van der Waals surface area contributed by atoms with Crippen LogP contribution in [0.3, 0.4) is 0 Å². The lowest BCUT2D eigenvalue weighted by atomic mass is 10.0. The van der Waals surface area contributed by atoms with Gasteiger partial charge in [0.05, 0.1) is 6.61 Å². The Bertz CT molecular complexity index is 149. The zero-order chi connectivity index (χ0) is 15.4. The second-order valence-corrected chi connectivity index (χ2v) is 6.42. The molecule has 0 heterocycles. The first-order chi connectivity index (χ1) is 10.4.